The van der Waals surface area contributed by atoms with E-state index in [4.69, 9.17) is 14.4 Å². The van der Waals surface area contributed by atoms with Crippen LogP contribution < -0.4 is 5.19 Å². The van der Waals surface area contributed by atoms with Crippen molar-refractivity contribution < 1.29 is 34.4 Å². The van der Waals surface area contributed by atoms with E-state index in [1.165, 1.54) is 33.2 Å². The summed E-state index contributed by atoms with van der Waals surface area (Å²) >= 11 is 0. The number of rotatable bonds is 9. The molecule has 0 aliphatic rings. The van der Waals surface area contributed by atoms with Gasteiger partial charge in [-0.05, 0) is 68.9 Å². The van der Waals surface area contributed by atoms with E-state index in [0.29, 0.717) is 0 Å². The number of carbonyl (C=O) groups is 1. The van der Waals surface area contributed by atoms with Crippen LogP contribution in [-0.4, -0.2) is 28.9 Å². The summed E-state index contributed by atoms with van der Waals surface area (Å²) in [5, 5.41) is 17.4. The van der Waals surface area contributed by atoms with E-state index in [9.17, 15) is 9.90 Å². The fourth-order valence-electron chi connectivity index (χ4n) is 7.46. The van der Waals surface area contributed by atoms with Crippen molar-refractivity contribution in [2.75, 3.05) is 0 Å². The van der Waals surface area contributed by atoms with E-state index in [1.807, 2.05) is 72.7 Å². The van der Waals surface area contributed by atoms with Gasteiger partial charge in [-0.2, -0.15) is 0 Å². The molecule has 6 aromatic rings. The Hall–Kier alpha value is -3.64. The Morgan fingerprint density at radius 2 is 1.50 bits per heavy atom. The van der Waals surface area contributed by atoms with E-state index in [0.717, 1.165) is 75.6 Å². The van der Waals surface area contributed by atoms with E-state index < -0.39 is 8.07 Å². The minimum atomic E-state index is -1.54. The molecule has 0 aliphatic carbocycles. The third kappa shape index (κ3) is 7.55. The van der Waals surface area contributed by atoms with Crippen LogP contribution >= 0.6 is 0 Å². The van der Waals surface area contributed by atoms with Gasteiger partial charge in [0.15, 0.2) is 5.78 Å². The van der Waals surface area contributed by atoms with Crippen LogP contribution in [0.3, 0.4) is 0 Å². The smallest absolute Gasteiger partial charge is 0.164 e. The Bertz CT molecular complexity index is 2290. The summed E-state index contributed by atoms with van der Waals surface area (Å²) in [7, 11) is -1.54. The van der Waals surface area contributed by atoms with E-state index in [1.54, 1.807) is 0 Å². The maximum absolute atomic E-state index is 12.2. The summed E-state index contributed by atoms with van der Waals surface area (Å²) < 4.78 is 6.33. The number of ketones is 1. The number of furan rings is 1. The van der Waals surface area contributed by atoms with Gasteiger partial charge in [0.1, 0.15) is 17.2 Å². The zero-order valence-electron chi connectivity index (χ0n) is 33.1. The number of aryl methyl sites for hydroxylation is 3. The van der Waals surface area contributed by atoms with Crippen LogP contribution in [0, 0.1) is 37.7 Å². The summed E-state index contributed by atoms with van der Waals surface area (Å²) in [5.41, 5.74) is 6.62. The first-order valence-corrected chi connectivity index (χ1v) is 22.0. The molecule has 6 rings (SSSR count). The summed E-state index contributed by atoms with van der Waals surface area (Å²) in [5.74, 6) is 1.04. The molecular weight excluding hydrogens is 837 g/mol. The monoisotopic (exact) mass is 892 g/mol. The average Bonchev–Trinajstić information content (AvgIpc) is 3.48. The van der Waals surface area contributed by atoms with Crippen LogP contribution in [0.25, 0.3) is 54.9 Å². The van der Waals surface area contributed by atoms with Crippen molar-refractivity contribution >= 4 is 62.7 Å². The van der Waals surface area contributed by atoms with Crippen molar-refractivity contribution in [2.24, 2.45) is 10.8 Å². The molecular formula is C45H55IrN2O3Si-. The Balaban J connectivity index is 0.000000289. The number of allylic oxidation sites excluding steroid dienone is 2. The number of hydrogen-bond acceptors (Lipinski definition) is 5. The number of hydrogen-bond donors (Lipinski definition) is 1. The molecule has 1 radical (unpaired) electrons. The quantitative estimate of drug-likeness (QED) is 0.0514. The van der Waals surface area contributed by atoms with E-state index in [2.05, 4.69) is 69.9 Å². The van der Waals surface area contributed by atoms with Gasteiger partial charge in [-0.3, -0.25) is 9.78 Å². The fraction of sp³-hybridized carbons (Fsp3) is 0.400. The van der Waals surface area contributed by atoms with Gasteiger partial charge in [0.05, 0.1) is 19.2 Å². The zero-order chi connectivity index (χ0) is 37.5. The molecule has 0 bridgehead atoms. The predicted octanol–water partition coefficient (Wildman–Crippen LogP) is 12.3. The fourth-order valence-corrected chi connectivity index (χ4v) is 9.96. The van der Waals surface area contributed by atoms with Gasteiger partial charge in [-0.15, -0.1) is 18.2 Å². The van der Waals surface area contributed by atoms with Crippen LogP contribution in [0.1, 0.15) is 84.2 Å². The Kier molecular flexibility index (Phi) is 12.5. The molecule has 0 aliphatic heterocycles. The van der Waals surface area contributed by atoms with Gasteiger partial charge < -0.3 is 9.52 Å². The van der Waals surface area contributed by atoms with Crippen LogP contribution in [0.5, 0.6) is 0 Å². The van der Waals surface area contributed by atoms with Crippen molar-refractivity contribution in [3.8, 4) is 11.3 Å². The predicted molar refractivity (Wildman–Crippen MR) is 219 cm³/mol. The Labute approximate surface area is 324 Å². The topological polar surface area (TPSA) is 76.2 Å². The van der Waals surface area contributed by atoms with Gasteiger partial charge in [-0.25, -0.2) is 4.98 Å². The number of carbonyl (C=O) groups excluding carboxylic acids is 1. The molecule has 0 amide bonds. The molecule has 0 saturated carbocycles. The van der Waals surface area contributed by atoms with Crippen molar-refractivity contribution in [3.63, 3.8) is 0 Å². The largest absolute Gasteiger partial charge is 0.512 e. The second kappa shape index (κ2) is 15.8. The molecule has 0 spiro atoms. The number of fused-ring (bicyclic) bond motifs is 6. The molecule has 4 aromatic carbocycles. The Morgan fingerprint density at radius 3 is 2.12 bits per heavy atom. The molecule has 1 N–H and O–H groups in total. The Morgan fingerprint density at radius 1 is 0.865 bits per heavy atom. The molecule has 0 fully saturated rings. The minimum absolute atomic E-state index is 0. The first kappa shape index (κ1) is 41.1. The third-order valence-corrected chi connectivity index (χ3v) is 13.7. The SMILES string of the molecule is CCC(C)(CC)C(=O)/C=C(\O)C(C)(CC)CC.Cc1nc(-c2[c-]ccc3c2oc2ccccc23)c2ccc3cc(C)c([Si](C)(C)C)c(C)c3c2n1.[Ir]. The molecule has 0 saturated heterocycles. The number of aromatic nitrogens is 2. The second-order valence-corrected chi connectivity index (χ2v) is 20.7. The maximum atomic E-state index is 12.2. The molecule has 7 heteroatoms. The van der Waals surface area contributed by atoms with Crippen LogP contribution in [0.15, 0.2) is 70.8 Å². The van der Waals surface area contributed by atoms with Crippen molar-refractivity contribution in [3.05, 3.63) is 89.5 Å². The molecule has 0 atom stereocenters. The van der Waals surface area contributed by atoms with Gasteiger partial charge in [0, 0.05) is 53.5 Å². The molecule has 2 heterocycles. The van der Waals surface area contributed by atoms with Crippen LogP contribution in [0.2, 0.25) is 19.6 Å². The number of benzene rings is 4. The average molecular weight is 892 g/mol. The van der Waals surface area contributed by atoms with Crippen LogP contribution in [0.4, 0.5) is 0 Å². The van der Waals surface area contributed by atoms with Gasteiger partial charge in [0.25, 0.3) is 0 Å². The zero-order valence-corrected chi connectivity index (χ0v) is 36.5. The maximum Gasteiger partial charge on any atom is 0.164 e. The van der Waals surface area contributed by atoms with E-state index in [-0.39, 0.29) is 42.5 Å². The number of aliphatic hydroxyl groups excluding tert-OH is 1. The molecule has 0 unspecified atom stereocenters. The standard InChI is InChI=1S/C30H27N2OSi.C15H28O2.Ir/c1-17-16-20-14-15-23-27(24-12-9-11-22-21-10-7-8-13-25(21)33-29(22)24)31-19(3)32-28(23)26(20)18(2)30(17)34(4,5)6;1-7-14(5,8-2)12(16)11-13(17)15(6,9-3)10-4;/h7-11,13-16H,1-6H3;11,16H,7-10H2,1-6H3;/q-1;;/b;12-11-;. The van der Waals surface area contributed by atoms with E-state index >= 15 is 0 Å². The van der Waals surface area contributed by atoms with Crippen molar-refractivity contribution in [2.45, 2.75) is 108 Å². The first-order chi connectivity index (χ1) is 24.0. The summed E-state index contributed by atoms with van der Waals surface area (Å²) in [6.07, 6.45) is 4.75. The van der Waals surface area contributed by atoms with Gasteiger partial charge in [-0.1, -0.05) is 119 Å². The molecule has 5 nitrogen and oxygen atoms in total. The number of aliphatic hydroxyl groups is 1. The summed E-state index contributed by atoms with van der Waals surface area (Å²) in [4.78, 5) is 22.1. The number of nitrogens with zero attached hydrogens (tertiary/aromatic N) is 2. The third-order valence-electron chi connectivity index (χ3n) is 11.5. The molecule has 52 heavy (non-hydrogen) atoms. The first-order valence-electron chi connectivity index (χ1n) is 18.5. The van der Waals surface area contributed by atoms with Gasteiger partial charge in [0.2, 0.25) is 0 Å². The normalized spacial score (nSPS) is 12.7. The molecule has 2 aromatic heterocycles. The molecule has 277 valence electrons. The summed E-state index contributed by atoms with van der Waals surface area (Å²) in [6, 6.07) is 22.4. The van der Waals surface area contributed by atoms with Crippen molar-refractivity contribution in [1.29, 1.82) is 0 Å². The minimum Gasteiger partial charge on any atom is -0.512 e. The van der Waals surface area contributed by atoms with Crippen LogP contribution in [-0.2, 0) is 24.9 Å². The number of para-hydroxylation sites is 1. The van der Waals surface area contributed by atoms with Gasteiger partial charge >= 0.3 is 0 Å². The second-order valence-electron chi connectivity index (χ2n) is 15.7. The summed E-state index contributed by atoms with van der Waals surface area (Å²) in [6.45, 7) is 25.8. The van der Waals surface area contributed by atoms with Crippen molar-refractivity contribution in [1.82, 2.24) is 9.97 Å².